The topological polar surface area (TPSA) is 55.4 Å². The van der Waals surface area contributed by atoms with Crippen molar-refractivity contribution in [3.05, 3.63) is 51.9 Å². The molecule has 0 saturated heterocycles. The molecule has 0 bridgehead atoms. The Bertz CT molecular complexity index is 676. The van der Waals surface area contributed by atoms with E-state index >= 15 is 0 Å². The van der Waals surface area contributed by atoms with E-state index in [1.807, 2.05) is 32.0 Å². The quantitative estimate of drug-likeness (QED) is 0.874. The van der Waals surface area contributed by atoms with Crippen LogP contribution in [0.1, 0.15) is 38.1 Å². The highest BCUT2D eigenvalue weighted by molar-refractivity contribution is 7.18. The number of thiophene rings is 1. The third-order valence-electron chi connectivity index (χ3n) is 2.90. The van der Waals surface area contributed by atoms with Gasteiger partial charge in [-0.3, -0.25) is 4.79 Å². The number of rotatable bonds is 4. The van der Waals surface area contributed by atoms with Gasteiger partial charge in [0.15, 0.2) is 0 Å². The van der Waals surface area contributed by atoms with Gasteiger partial charge in [-0.1, -0.05) is 17.7 Å². The van der Waals surface area contributed by atoms with Gasteiger partial charge in [-0.25, -0.2) is 4.79 Å². The van der Waals surface area contributed by atoms with Crippen molar-refractivity contribution in [2.24, 2.45) is 0 Å². The van der Waals surface area contributed by atoms with E-state index in [9.17, 15) is 9.59 Å². The maximum Gasteiger partial charge on any atom is 0.348 e. The molecule has 2 rings (SSSR count). The summed E-state index contributed by atoms with van der Waals surface area (Å²) in [7, 11) is 0. The molecule has 0 aliphatic heterocycles. The minimum absolute atomic E-state index is 0.185. The lowest BCUT2D eigenvalue weighted by molar-refractivity contribution is 0.0531. The molecule has 0 aliphatic carbocycles. The van der Waals surface area contributed by atoms with E-state index in [1.165, 1.54) is 11.3 Å². The Morgan fingerprint density at radius 3 is 2.67 bits per heavy atom. The molecule has 0 saturated carbocycles. The molecule has 5 heteroatoms. The van der Waals surface area contributed by atoms with Crippen LogP contribution in [-0.2, 0) is 4.74 Å². The number of carbonyl (C=O) groups excluding carboxylic acids is 2. The second kappa shape index (κ2) is 6.54. The summed E-state index contributed by atoms with van der Waals surface area (Å²) >= 11 is 1.23. The van der Waals surface area contributed by atoms with Crippen molar-refractivity contribution in [2.45, 2.75) is 20.8 Å². The van der Waals surface area contributed by atoms with Crippen molar-refractivity contribution < 1.29 is 14.3 Å². The van der Waals surface area contributed by atoms with Crippen molar-refractivity contribution >= 4 is 28.2 Å². The highest BCUT2D eigenvalue weighted by atomic mass is 32.1. The molecule has 0 aliphatic rings. The summed E-state index contributed by atoms with van der Waals surface area (Å²) in [6.45, 7) is 5.86. The second-order valence-corrected chi connectivity index (χ2v) is 5.72. The van der Waals surface area contributed by atoms with Gasteiger partial charge in [-0.05, 0) is 44.5 Å². The second-order valence-electron chi connectivity index (χ2n) is 4.67. The number of carbonyl (C=O) groups is 2. The lowest BCUT2D eigenvalue weighted by Gasteiger charge is -2.03. The number of benzene rings is 1. The first-order valence-electron chi connectivity index (χ1n) is 6.67. The summed E-state index contributed by atoms with van der Waals surface area (Å²) < 4.78 is 4.99. The van der Waals surface area contributed by atoms with Gasteiger partial charge in [0.05, 0.1) is 11.6 Å². The number of hydrogen-bond acceptors (Lipinski definition) is 4. The molecule has 1 aromatic heterocycles. The summed E-state index contributed by atoms with van der Waals surface area (Å²) in [6, 6.07) is 9.14. The number of esters is 1. The lowest BCUT2D eigenvalue weighted by atomic mass is 10.1. The average molecular weight is 303 g/mol. The van der Waals surface area contributed by atoms with Crippen molar-refractivity contribution in [1.82, 2.24) is 0 Å². The van der Waals surface area contributed by atoms with Crippen LogP contribution in [0.4, 0.5) is 5.00 Å². The van der Waals surface area contributed by atoms with Crippen LogP contribution in [0.2, 0.25) is 0 Å². The van der Waals surface area contributed by atoms with Crippen LogP contribution in [0.5, 0.6) is 0 Å². The Morgan fingerprint density at radius 1 is 1.24 bits per heavy atom. The van der Waals surface area contributed by atoms with Crippen molar-refractivity contribution in [1.29, 1.82) is 0 Å². The number of aryl methyl sites for hydroxylation is 2. The zero-order valence-corrected chi connectivity index (χ0v) is 13.0. The molecule has 0 spiro atoms. The number of hydrogen-bond donors (Lipinski definition) is 1. The number of anilines is 1. The first-order chi connectivity index (χ1) is 10.0. The molecular formula is C16H17NO3S. The number of nitrogens with one attached hydrogen (secondary N) is 1. The van der Waals surface area contributed by atoms with Gasteiger partial charge >= 0.3 is 5.97 Å². The zero-order valence-electron chi connectivity index (χ0n) is 12.2. The molecule has 1 N–H and O–H groups in total. The monoisotopic (exact) mass is 303 g/mol. The Kier molecular flexibility index (Phi) is 4.75. The fourth-order valence-corrected chi connectivity index (χ4v) is 2.87. The maximum absolute atomic E-state index is 12.2. The number of ether oxygens (including phenoxy) is 1. The standard InChI is InChI=1S/C16H17NO3S/c1-4-20-16(19)14-11(3)9-13(21-14)17-15(18)12-7-5-6-10(2)8-12/h5-9H,4H2,1-3H3,(H,17,18). The van der Waals surface area contributed by atoms with Gasteiger partial charge in [-0.15, -0.1) is 11.3 Å². The molecule has 0 atom stereocenters. The fourth-order valence-electron chi connectivity index (χ4n) is 1.91. The fraction of sp³-hybridized carbons (Fsp3) is 0.250. The Morgan fingerprint density at radius 2 is 2.00 bits per heavy atom. The van der Waals surface area contributed by atoms with E-state index in [2.05, 4.69) is 5.32 Å². The van der Waals surface area contributed by atoms with Crippen LogP contribution in [0.3, 0.4) is 0 Å². The first-order valence-corrected chi connectivity index (χ1v) is 7.48. The summed E-state index contributed by atoms with van der Waals surface area (Å²) in [5.74, 6) is -0.536. The highest BCUT2D eigenvalue weighted by Gasteiger charge is 2.16. The average Bonchev–Trinajstić information content (AvgIpc) is 2.80. The van der Waals surface area contributed by atoms with Gasteiger partial charge in [0.2, 0.25) is 0 Å². The molecule has 110 valence electrons. The predicted octanol–water partition coefficient (Wildman–Crippen LogP) is 3.79. The molecule has 0 fully saturated rings. The van der Waals surface area contributed by atoms with E-state index in [1.54, 1.807) is 19.1 Å². The molecule has 1 aromatic carbocycles. The van der Waals surface area contributed by atoms with Crippen molar-refractivity contribution in [3.63, 3.8) is 0 Å². The Hall–Kier alpha value is -2.14. The minimum Gasteiger partial charge on any atom is -0.462 e. The van der Waals surface area contributed by atoms with Gasteiger partial charge in [0, 0.05) is 5.56 Å². The summed E-state index contributed by atoms with van der Waals surface area (Å²) in [6.07, 6.45) is 0. The third-order valence-corrected chi connectivity index (χ3v) is 4.03. The highest BCUT2D eigenvalue weighted by Crippen LogP contribution is 2.27. The SMILES string of the molecule is CCOC(=O)c1sc(NC(=O)c2cccc(C)c2)cc1C. The first kappa shape index (κ1) is 15.3. The number of amides is 1. The molecule has 21 heavy (non-hydrogen) atoms. The van der Waals surface area contributed by atoms with Crippen LogP contribution in [0, 0.1) is 13.8 Å². The summed E-state index contributed by atoms with van der Waals surface area (Å²) in [5.41, 5.74) is 2.42. The van der Waals surface area contributed by atoms with E-state index in [0.717, 1.165) is 11.1 Å². The van der Waals surface area contributed by atoms with Crippen LogP contribution in [0.25, 0.3) is 0 Å². The molecule has 2 aromatic rings. The molecule has 0 unspecified atom stereocenters. The van der Waals surface area contributed by atoms with Crippen LogP contribution in [0.15, 0.2) is 30.3 Å². The van der Waals surface area contributed by atoms with E-state index in [0.29, 0.717) is 22.0 Å². The maximum atomic E-state index is 12.2. The van der Waals surface area contributed by atoms with Gasteiger partial charge in [-0.2, -0.15) is 0 Å². The predicted molar refractivity (Wildman–Crippen MR) is 84.1 cm³/mol. The zero-order chi connectivity index (χ0) is 15.4. The molecule has 0 radical (unpaired) electrons. The van der Waals surface area contributed by atoms with Crippen LogP contribution >= 0.6 is 11.3 Å². The third kappa shape index (κ3) is 3.70. The minimum atomic E-state index is -0.351. The van der Waals surface area contributed by atoms with Crippen LogP contribution < -0.4 is 5.32 Å². The molecule has 4 nitrogen and oxygen atoms in total. The molecule has 1 amide bonds. The smallest absolute Gasteiger partial charge is 0.348 e. The molecule has 1 heterocycles. The van der Waals surface area contributed by atoms with Crippen molar-refractivity contribution in [3.8, 4) is 0 Å². The lowest BCUT2D eigenvalue weighted by Crippen LogP contribution is -2.10. The molecular weight excluding hydrogens is 286 g/mol. The van der Waals surface area contributed by atoms with E-state index in [4.69, 9.17) is 4.74 Å². The summed E-state index contributed by atoms with van der Waals surface area (Å²) in [5, 5.41) is 3.46. The Balaban J connectivity index is 2.15. The van der Waals surface area contributed by atoms with Gasteiger partial charge in [0.25, 0.3) is 5.91 Å². The normalized spacial score (nSPS) is 10.2. The summed E-state index contributed by atoms with van der Waals surface area (Å²) in [4.78, 5) is 24.4. The van der Waals surface area contributed by atoms with Gasteiger partial charge in [0.1, 0.15) is 4.88 Å². The van der Waals surface area contributed by atoms with Gasteiger partial charge < -0.3 is 10.1 Å². The van der Waals surface area contributed by atoms with Crippen molar-refractivity contribution in [2.75, 3.05) is 11.9 Å². The largest absolute Gasteiger partial charge is 0.462 e. The van der Waals surface area contributed by atoms with E-state index in [-0.39, 0.29) is 11.9 Å². The van der Waals surface area contributed by atoms with Crippen LogP contribution in [-0.4, -0.2) is 18.5 Å². The van der Waals surface area contributed by atoms with E-state index < -0.39 is 0 Å². The Labute approximate surface area is 127 Å².